The zero-order valence-corrected chi connectivity index (χ0v) is 13.3. The van der Waals surface area contributed by atoms with Gasteiger partial charge in [0.1, 0.15) is 17.9 Å². The van der Waals surface area contributed by atoms with Crippen molar-refractivity contribution in [2.24, 2.45) is 0 Å². The minimum Gasteiger partial charge on any atom is -0.489 e. The summed E-state index contributed by atoms with van der Waals surface area (Å²) in [6.45, 7) is 2.48. The average Bonchev–Trinajstić information content (AvgIpc) is 2.61. The Labute approximate surface area is 139 Å². The smallest absolute Gasteiger partial charge is 0.344 e. The van der Waals surface area contributed by atoms with Crippen LogP contribution in [0.25, 0.3) is 21.7 Å². The molecule has 0 amide bonds. The molecule has 0 N–H and O–H groups in total. The van der Waals surface area contributed by atoms with Gasteiger partial charge in [-0.25, -0.2) is 4.79 Å². The van der Waals surface area contributed by atoms with Gasteiger partial charge in [-0.2, -0.15) is 0 Å². The van der Waals surface area contributed by atoms with E-state index in [1.807, 2.05) is 61.5 Å². The van der Waals surface area contributed by atoms with Gasteiger partial charge in [-0.05, 0) is 30.2 Å². The van der Waals surface area contributed by atoms with E-state index in [0.717, 1.165) is 21.9 Å². The van der Waals surface area contributed by atoms with Gasteiger partial charge >= 0.3 is 5.63 Å². The van der Waals surface area contributed by atoms with Crippen LogP contribution in [0, 0.1) is 6.92 Å². The highest BCUT2D eigenvalue weighted by Gasteiger charge is 2.11. The monoisotopic (exact) mass is 316 g/mol. The summed E-state index contributed by atoms with van der Waals surface area (Å²) in [6.07, 6.45) is 0. The molecule has 0 saturated heterocycles. The maximum atomic E-state index is 12.2. The van der Waals surface area contributed by atoms with E-state index in [1.54, 1.807) is 12.1 Å². The van der Waals surface area contributed by atoms with Gasteiger partial charge in [0.05, 0.1) is 5.39 Å². The van der Waals surface area contributed by atoms with Crippen molar-refractivity contribution < 1.29 is 9.15 Å². The van der Waals surface area contributed by atoms with Crippen molar-refractivity contribution in [2.75, 3.05) is 0 Å². The maximum Gasteiger partial charge on any atom is 0.344 e. The van der Waals surface area contributed by atoms with Crippen LogP contribution in [0.3, 0.4) is 0 Å². The lowest BCUT2D eigenvalue weighted by Crippen LogP contribution is -2.01. The highest BCUT2D eigenvalue weighted by molar-refractivity contribution is 6.06. The van der Waals surface area contributed by atoms with Crippen LogP contribution in [-0.2, 0) is 6.61 Å². The van der Waals surface area contributed by atoms with Crippen LogP contribution in [0.15, 0.2) is 75.9 Å². The molecular weight excluding hydrogens is 300 g/mol. The van der Waals surface area contributed by atoms with E-state index >= 15 is 0 Å². The van der Waals surface area contributed by atoms with Crippen molar-refractivity contribution in [3.63, 3.8) is 0 Å². The number of hydrogen-bond donors (Lipinski definition) is 0. The van der Waals surface area contributed by atoms with E-state index < -0.39 is 0 Å². The minimum absolute atomic E-state index is 0.322. The van der Waals surface area contributed by atoms with Gasteiger partial charge in [0.2, 0.25) is 0 Å². The molecule has 0 radical (unpaired) electrons. The number of aryl methyl sites for hydroxylation is 1. The molecule has 118 valence electrons. The number of fused-ring (bicyclic) bond motifs is 3. The second kappa shape index (κ2) is 5.85. The summed E-state index contributed by atoms with van der Waals surface area (Å²) in [5, 5.41) is 2.47. The van der Waals surface area contributed by atoms with Crippen LogP contribution in [0.2, 0.25) is 0 Å². The van der Waals surface area contributed by atoms with Gasteiger partial charge in [0.15, 0.2) is 0 Å². The molecule has 1 heterocycles. The highest BCUT2D eigenvalue weighted by atomic mass is 16.5. The molecule has 1 aromatic heterocycles. The van der Waals surface area contributed by atoms with E-state index in [0.29, 0.717) is 23.3 Å². The Morgan fingerprint density at radius 3 is 2.42 bits per heavy atom. The first-order valence-corrected chi connectivity index (χ1v) is 7.85. The molecule has 0 atom stereocenters. The molecule has 0 saturated carbocycles. The lowest BCUT2D eigenvalue weighted by Gasteiger charge is -2.10. The van der Waals surface area contributed by atoms with Gasteiger partial charge < -0.3 is 9.15 Å². The van der Waals surface area contributed by atoms with Crippen molar-refractivity contribution in [3.8, 4) is 5.75 Å². The first-order valence-electron chi connectivity index (χ1n) is 7.85. The Bertz CT molecular complexity index is 1080. The molecule has 0 aliphatic rings. The SMILES string of the molecule is Cc1cc(OCc2ccccc2)cc2oc(=O)c3ccccc3c12. The molecule has 0 aliphatic heterocycles. The molecule has 3 nitrogen and oxygen atoms in total. The number of benzene rings is 3. The Morgan fingerprint density at radius 2 is 1.62 bits per heavy atom. The van der Waals surface area contributed by atoms with E-state index in [2.05, 4.69) is 0 Å². The van der Waals surface area contributed by atoms with Crippen molar-refractivity contribution >= 4 is 21.7 Å². The molecular formula is C21H16O3. The first kappa shape index (κ1) is 14.5. The maximum absolute atomic E-state index is 12.2. The summed E-state index contributed by atoms with van der Waals surface area (Å²) in [5.41, 5.74) is 2.35. The average molecular weight is 316 g/mol. The van der Waals surface area contributed by atoms with Gasteiger partial charge in [-0.1, -0.05) is 48.5 Å². The Hall–Kier alpha value is -3.07. The summed E-state index contributed by atoms with van der Waals surface area (Å²) in [4.78, 5) is 12.2. The van der Waals surface area contributed by atoms with Crippen LogP contribution >= 0.6 is 0 Å². The van der Waals surface area contributed by atoms with Gasteiger partial charge in [-0.3, -0.25) is 0 Å². The topological polar surface area (TPSA) is 39.4 Å². The Balaban J connectivity index is 1.80. The molecule has 3 aromatic carbocycles. The van der Waals surface area contributed by atoms with E-state index in [9.17, 15) is 4.79 Å². The second-order valence-electron chi connectivity index (χ2n) is 5.82. The van der Waals surface area contributed by atoms with Crippen molar-refractivity contribution in [1.29, 1.82) is 0 Å². The number of ether oxygens (including phenoxy) is 1. The fourth-order valence-electron chi connectivity index (χ4n) is 3.01. The van der Waals surface area contributed by atoms with Crippen LogP contribution in [-0.4, -0.2) is 0 Å². The Morgan fingerprint density at radius 1 is 0.917 bits per heavy atom. The number of hydrogen-bond acceptors (Lipinski definition) is 3. The standard InChI is InChI=1S/C21H16O3/c1-14-11-16(23-13-15-7-3-2-4-8-15)12-19-20(14)17-9-5-6-10-18(17)21(22)24-19/h2-12H,13H2,1H3. The molecule has 24 heavy (non-hydrogen) atoms. The summed E-state index contributed by atoms with van der Waals surface area (Å²) in [6, 6.07) is 21.3. The quantitative estimate of drug-likeness (QED) is 0.401. The lowest BCUT2D eigenvalue weighted by molar-refractivity contribution is 0.306. The molecule has 0 spiro atoms. The molecule has 0 unspecified atom stereocenters. The minimum atomic E-state index is -0.322. The zero-order chi connectivity index (χ0) is 16.5. The van der Waals surface area contributed by atoms with E-state index in [-0.39, 0.29) is 5.63 Å². The summed E-state index contributed by atoms with van der Waals surface area (Å²) in [5.74, 6) is 0.697. The molecule has 3 heteroatoms. The molecule has 0 aliphatic carbocycles. The van der Waals surface area contributed by atoms with Crippen LogP contribution in [0.1, 0.15) is 11.1 Å². The van der Waals surface area contributed by atoms with Crippen molar-refractivity contribution in [1.82, 2.24) is 0 Å². The third-order valence-corrected chi connectivity index (χ3v) is 4.14. The van der Waals surface area contributed by atoms with Gasteiger partial charge in [0.25, 0.3) is 0 Å². The molecule has 4 aromatic rings. The van der Waals surface area contributed by atoms with Crippen molar-refractivity contribution in [2.45, 2.75) is 13.5 Å². The highest BCUT2D eigenvalue weighted by Crippen LogP contribution is 2.30. The predicted octanol–water partition coefficient (Wildman–Crippen LogP) is 4.83. The second-order valence-corrected chi connectivity index (χ2v) is 5.82. The summed E-state index contributed by atoms with van der Waals surface area (Å²) in [7, 11) is 0. The third-order valence-electron chi connectivity index (χ3n) is 4.14. The largest absolute Gasteiger partial charge is 0.489 e. The first-order chi connectivity index (χ1) is 11.7. The third kappa shape index (κ3) is 2.54. The van der Waals surface area contributed by atoms with Crippen LogP contribution < -0.4 is 10.4 Å². The fraction of sp³-hybridized carbons (Fsp3) is 0.0952. The van der Waals surface area contributed by atoms with Gasteiger partial charge in [0, 0.05) is 16.8 Å². The van der Waals surface area contributed by atoms with E-state index in [4.69, 9.17) is 9.15 Å². The van der Waals surface area contributed by atoms with Crippen LogP contribution in [0.4, 0.5) is 0 Å². The molecule has 4 rings (SSSR count). The van der Waals surface area contributed by atoms with Gasteiger partial charge in [-0.15, -0.1) is 0 Å². The van der Waals surface area contributed by atoms with Crippen LogP contribution in [0.5, 0.6) is 5.75 Å². The normalized spacial score (nSPS) is 11.0. The van der Waals surface area contributed by atoms with Crippen molar-refractivity contribution in [3.05, 3.63) is 88.3 Å². The Kier molecular flexibility index (Phi) is 3.54. The van der Waals surface area contributed by atoms with E-state index in [1.165, 1.54) is 0 Å². The lowest BCUT2D eigenvalue weighted by atomic mass is 10.0. The predicted molar refractivity (Wildman–Crippen MR) is 95.5 cm³/mol. The molecule has 0 fully saturated rings. The summed E-state index contributed by atoms with van der Waals surface area (Å²) < 4.78 is 11.4. The summed E-state index contributed by atoms with van der Waals surface area (Å²) >= 11 is 0. The number of rotatable bonds is 3. The molecule has 0 bridgehead atoms. The zero-order valence-electron chi connectivity index (χ0n) is 13.3. The fourth-order valence-corrected chi connectivity index (χ4v) is 3.01.